The predicted octanol–water partition coefficient (Wildman–Crippen LogP) is 5.31. The lowest BCUT2D eigenvalue weighted by Crippen LogP contribution is -2.40. The molecule has 158 valence electrons. The third-order valence-corrected chi connectivity index (χ3v) is 6.87. The number of unbranched alkanes of at least 4 members (excludes halogenated alkanes) is 1. The summed E-state index contributed by atoms with van der Waals surface area (Å²) in [5, 5.41) is 19.5. The quantitative estimate of drug-likeness (QED) is 0.443. The number of aliphatic hydroxyl groups is 1. The highest BCUT2D eigenvalue weighted by molar-refractivity contribution is 5.83. The lowest BCUT2D eigenvalue weighted by atomic mass is 9.62. The van der Waals surface area contributed by atoms with Crippen LogP contribution in [0.4, 0.5) is 0 Å². The summed E-state index contributed by atoms with van der Waals surface area (Å²) in [7, 11) is 0. The van der Waals surface area contributed by atoms with Crippen LogP contribution in [-0.4, -0.2) is 28.1 Å². The van der Waals surface area contributed by atoms with Crippen LogP contribution in [0.15, 0.2) is 24.3 Å². The molecule has 2 aliphatic rings. The first kappa shape index (κ1) is 22.9. The van der Waals surface area contributed by atoms with E-state index in [1.165, 1.54) is 12.8 Å². The number of hydrogen-bond donors (Lipinski definition) is 2. The predicted molar refractivity (Wildman–Crippen MR) is 112 cm³/mol. The van der Waals surface area contributed by atoms with Crippen molar-refractivity contribution in [2.24, 2.45) is 23.2 Å². The van der Waals surface area contributed by atoms with Crippen molar-refractivity contribution >= 4 is 11.8 Å². The fraction of sp³-hybridized carbons (Fsp3) is 0.750. The second-order valence-corrected chi connectivity index (χ2v) is 9.00. The Balaban J connectivity index is 1.88. The van der Waals surface area contributed by atoms with Gasteiger partial charge in [0.25, 0.3) is 0 Å². The molecule has 4 atom stereocenters. The summed E-state index contributed by atoms with van der Waals surface area (Å²) in [6.45, 7) is 4.21. The molecule has 0 radical (unpaired) electrons. The van der Waals surface area contributed by atoms with Gasteiger partial charge >= 0.3 is 5.97 Å². The molecule has 0 aromatic heterocycles. The zero-order valence-electron chi connectivity index (χ0n) is 17.6. The molecule has 0 aromatic rings. The van der Waals surface area contributed by atoms with Gasteiger partial charge in [0, 0.05) is 18.8 Å². The average molecular weight is 391 g/mol. The molecule has 2 aliphatic carbocycles. The average Bonchev–Trinajstić information content (AvgIpc) is 2.97. The summed E-state index contributed by atoms with van der Waals surface area (Å²) < 4.78 is 0. The van der Waals surface area contributed by atoms with E-state index in [1.54, 1.807) is 0 Å². The normalized spacial score (nSPS) is 26.6. The Hall–Kier alpha value is -1.42. The highest BCUT2D eigenvalue weighted by Gasteiger charge is 2.41. The maximum absolute atomic E-state index is 12.3. The van der Waals surface area contributed by atoms with Gasteiger partial charge in [-0.3, -0.25) is 9.59 Å². The second-order valence-electron chi connectivity index (χ2n) is 9.00. The van der Waals surface area contributed by atoms with Gasteiger partial charge in [-0.1, -0.05) is 57.4 Å². The van der Waals surface area contributed by atoms with Crippen LogP contribution >= 0.6 is 0 Å². The number of carbonyl (C=O) groups excluding carboxylic acids is 1. The van der Waals surface area contributed by atoms with Crippen molar-refractivity contribution in [3.63, 3.8) is 0 Å². The van der Waals surface area contributed by atoms with Gasteiger partial charge < -0.3 is 10.2 Å². The molecule has 2 rings (SSSR count). The molecule has 2 fully saturated rings. The van der Waals surface area contributed by atoms with E-state index in [-0.39, 0.29) is 29.6 Å². The lowest BCUT2D eigenvalue weighted by Gasteiger charge is -2.45. The molecule has 0 heterocycles. The number of ketones is 1. The van der Waals surface area contributed by atoms with Crippen molar-refractivity contribution in [3.05, 3.63) is 24.3 Å². The smallest absolute Gasteiger partial charge is 0.303 e. The third-order valence-electron chi connectivity index (χ3n) is 6.87. The van der Waals surface area contributed by atoms with Crippen LogP contribution in [0.2, 0.25) is 0 Å². The minimum Gasteiger partial charge on any atom is -0.481 e. The van der Waals surface area contributed by atoms with E-state index in [1.807, 2.05) is 25.2 Å². The first-order valence-corrected chi connectivity index (χ1v) is 11.2. The molecule has 0 spiro atoms. The van der Waals surface area contributed by atoms with E-state index in [0.717, 1.165) is 32.1 Å². The largest absolute Gasteiger partial charge is 0.481 e. The highest BCUT2D eigenvalue weighted by Crippen LogP contribution is 2.48. The van der Waals surface area contributed by atoms with Crippen LogP contribution in [0.5, 0.6) is 0 Å². The SMILES string of the molecule is CCCCC1(C(O)C=C[C@H]2CCC(=O)[C@@H]2CC=C[C@H](C)CCC(=O)O)CCC1. The number of rotatable bonds is 12. The van der Waals surface area contributed by atoms with Crippen LogP contribution < -0.4 is 0 Å². The maximum Gasteiger partial charge on any atom is 0.303 e. The van der Waals surface area contributed by atoms with Crippen LogP contribution in [-0.2, 0) is 9.59 Å². The number of aliphatic hydroxyl groups excluding tert-OH is 1. The van der Waals surface area contributed by atoms with Gasteiger partial charge in [0.05, 0.1) is 6.10 Å². The Morgan fingerprint density at radius 1 is 1.32 bits per heavy atom. The summed E-state index contributed by atoms with van der Waals surface area (Å²) in [4.78, 5) is 23.0. The van der Waals surface area contributed by atoms with Crippen LogP contribution in [0, 0.1) is 23.2 Å². The van der Waals surface area contributed by atoms with Crippen molar-refractivity contribution in [3.8, 4) is 0 Å². The molecule has 1 unspecified atom stereocenters. The van der Waals surface area contributed by atoms with E-state index >= 15 is 0 Å². The maximum atomic E-state index is 12.3. The fourth-order valence-electron chi connectivity index (χ4n) is 4.68. The van der Waals surface area contributed by atoms with Gasteiger partial charge in [0.2, 0.25) is 0 Å². The standard InChI is InChI=1S/C24H38O4/c1-3-4-15-24(16-6-17-24)22(26)13-11-19-10-12-21(25)20(19)8-5-7-18(2)9-14-23(27)28/h5,7,11,13,18-20,22,26H,3-4,6,8-10,12,14-17H2,1-2H3,(H,27,28)/t18-,19+,20+,22?/m0/s1. The lowest BCUT2D eigenvalue weighted by molar-refractivity contribution is -0.137. The minimum atomic E-state index is -0.766. The van der Waals surface area contributed by atoms with E-state index < -0.39 is 12.1 Å². The summed E-state index contributed by atoms with van der Waals surface area (Å²) in [6, 6.07) is 0. The van der Waals surface area contributed by atoms with Gasteiger partial charge in [0.15, 0.2) is 0 Å². The molecule has 0 aromatic carbocycles. The highest BCUT2D eigenvalue weighted by atomic mass is 16.4. The van der Waals surface area contributed by atoms with Gasteiger partial charge in [-0.05, 0) is 55.8 Å². The van der Waals surface area contributed by atoms with Crippen molar-refractivity contribution in [2.45, 2.75) is 90.6 Å². The molecule has 0 aliphatic heterocycles. The summed E-state index contributed by atoms with van der Waals surface area (Å²) >= 11 is 0. The molecule has 4 nitrogen and oxygen atoms in total. The minimum absolute atomic E-state index is 0.000596. The molecule has 2 N–H and O–H groups in total. The van der Waals surface area contributed by atoms with Crippen molar-refractivity contribution in [1.29, 1.82) is 0 Å². The number of hydrogen-bond acceptors (Lipinski definition) is 3. The summed E-state index contributed by atoms with van der Waals surface area (Å²) in [5.74, 6) is -0.0290. The van der Waals surface area contributed by atoms with Crippen LogP contribution in [0.1, 0.15) is 84.5 Å². The first-order chi connectivity index (χ1) is 13.4. The zero-order valence-corrected chi connectivity index (χ0v) is 17.6. The Morgan fingerprint density at radius 2 is 2.07 bits per heavy atom. The van der Waals surface area contributed by atoms with Gasteiger partial charge in [-0.2, -0.15) is 0 Å². The van der Waals surface area contributed by atoms with Gasteiger partial charge in [-0.25, -0.2) is 0 Å². The van der Waals surface area contributed by atoms with Crippen molar-refractivity contribution in [2.75, 3.05) is 0 Å². The monoisotopic (exact) mass is 390 g/mol. The molecule has 2 saturated carbocycles. The molecular weight excluding hydrogens is 352 g/mol. The number of allylic oxidation sites excluding steroid dienone is 3. The zero-order chi connectivity index (χ0) is 20.6. The molecule has 0 saturated heterocycles. The number of carbonyl (C=O) groups is 2. The number of Topliss-reactive ketones (excluding diaryl/α,β-unsaturated/α-hetero) is 1. The Bertz CT molecular complexity index is 573. The Labute approximate surface area is 170 Å². The fourth-order valence-corrected chi connectivity index (χ4v) is 4.68. The second kappa shape index (κ2) is 10.9. The summed E-state index contributed by atoms with van der Waals surface area (Å²) in [5.41, 5.74) is 0.0735. The third kappa shape index (κ3) is 6.30. The molecule has 0 amide bonds. The van der Waals surface area contributed by atoms with Crippen molar-refractivity contribution < 1.29 is 19.8 Å². The van der Waals surface area contributed by atoms with E-state index in [4.69, 9.17) is 5.11 Å². The van der Waals surface area contributed by atoms with E-state index in [0.29, 0.717) is 25.0 Å². The number of carboxylic acids is 1. The summed E-state index contributed by atoms with van der Waals surface area (Å²) in [6.07, 6.45) is 17.6. The Kier molecular flexibility index (Phi) is 8.94. The number of carboxylic acid groups (broad SMARTS) is 1. The van der Waals surface area contributed by atoms with E-state index in [2.05, 4.69) is 13.0 Å². The molecule has 0 bridgehead atoms. The molecule has 4 heteroatoms. The van der Waals surface area contributed by atoms with Crippen molar-refractivity contribution in [1.82, 2.24) is 0 Å². The van der Waals surface area contributed by atoms with Crippen LogP contribution in [0.25, 0.3) is 0 Å². The van der Waals surface area contributed by atoms with E-state index in [9.17, 15) is 14.7 Å². The molecular formula is C24H38O4. The Morgan fingerprint density at radius 3 is 2.68 bits per heavy atom. The number of aliphatic carboxylic acids is 1. The van der Waals surface area contributed by atoms with Crippen LogP contribution in [0.3, 0.4) is 0 Å². The van der Waals surface area contributed by atoms with Gasteiger partial charge in [0.1, 0.15) is 5.78 Å². The topological polar surface area (TPSA) is 74.6 Å². The van der Waals surface area contributed by atoms with Gasteiger partial charge in [-0.15, -0.1) is 0 Å². The first-order valence-electron chi connectivity index (χ1n) is 11.2. The molecule has 28 heavy (non-hydrogen) atoms.